The van der Waals surface area contributed by atoms with Crippen LogP contribution in [0.15, 0.2) is 54.6 Å². The fourth-order valence-electron chi connectivity index (χ4n) is 4.08. The Bertz CT molecular complexity index is 1860. The van der Waals surface area contributed by atoms with Crippen LogP contribution in [-0.2, 0) is 9.53 Å². The quantitative estimate of drug-likeness (QED) is 0.137. The van der Waals surface area contributed by atoms with Crippen LogP contribution in [0, 0.1) is 37.0 Å². The van der Waals surface area contributed by atoms with Gasteiger partial charge in [-0.3, -0.25) is 33.8 Å². The molecule has 4 amide bonds. The van der Waals surface area contributed by atoms with Crippen molar-refractivity contribution in [1.82, 2.24) is 9.80 Å². The van der Waals surface area contributed by atoms with Crippen LogP contribution in [0.3, 0.4) is 0 Å². The monoisotopic (exact) mass is 664 g/mol. The van der Waals surface area contributed by atoms with Gasteiger partial charge in [0.25, 0.3) is 29.6 Å². The highest BCUT2D eigenvalue weighted by Crippen LogP contribution is 2.23. The first kappa shape index (κ1) is 40.2. The fraction of sp³-hybridized carbons (Fsp3) is 0.139. The summed E-state index contributed by atoms with van der Waals surface area (Å²) in [5.41, 5.74) is 13.0. The minimum atomic E-state index is -0.833. The Balaban J connectivity index is 0.000000332. The van der Waals surface area contributed by atoms with Crippen molar-refractivity contribution in [2.45, 2.75) is 6.92 Å². The summed E-state index contributed by atoms with van der Waals surface area (Å²) < 4.78 is 4.38. The summed E-state index contributed by atoms with van der Waals surface area (Å²) in [6.07, 6.45) is 15.5. The van der Waals surface area contributed by atoms with E-state index in [4.69, 9.17) is 29.2 Å². The molecule has 0 atom stereocenters. The molecule has 0 saturated heterocycles. The standard InChI is InChI=1S/2C11H7NO2.C10H4O3.C2H4O2.2CH5N/c2*1-3-7-4-5-8-9(6-7)11(14)12(2)10(8)13;1-2-6-3-4-7-8(5-6)10(12)13-9(7)11;1-2(3)4;2*1-2/h2*1,4-6H,2H3;1,3-5H;1H3,(H,3,4);2*2H2,1H3. The van der Waals surface area contributed by atoms with Gasteiger partial charge in [0, 0.05) is 37.7 Å². The zero-order chi connectivity index (χ0) is 37.6. The highest BCUT2D eigenvalue weighted by Gasteiger charge is 2.33. The molecule has 3 aliphatic rings. The number of terminal acetylenes is 3. The van der Waals surface area contributed by atoms with Gasteiger partial charge >= 0.3 is 11.9 Å². The lowest BCUT2D eigenvalue weighted by molar-refractivity contribution is -0.134. The number of nitrogens with zero attached hydrogens (tertiary/aromatic N) is 2. The molecule has 0 radical (unpaired) electrons. The van der Waals surface area contributed by atoms with Crippen LogP contribution in [0.5, 0.6) is 0 Å². The van der Waals surface area contributed by atoms with Gasteiger partial charge in [0.1, 0.15) is 0 Å². The second-order valence-corrected chi connectivity index (χ2v) is 9.25. The minimum absolute atomic E-state index is 0.250. The lowest BCUT2D eigenvalue weighted by atomic mass is 10.1. The van der Waals surface area contributed by atoms with Gasteiger partial charge in [-0.05, 0) is 68.7 Å². The Labute approximate surface area is 282 Å². The summed E-state index contributed by atoms with van der Waals surface area (Å²) in [5.74, 6) is 4.03. The average molecular weight is 665 g/mol. The molecule has 6 rings (SSSR count). The molecule has 0 bridgehead atoms. The van der Waals surface area contributed by atoms with E-state index in [1.165, 1.54) is 40.3 Å². The Morgan fingerprint density at radius 1 is 0.571 bits per heavy atom. The molecule has 0 fully saturated rings. The number of benzene rings is 3. The van der Waals surface area contributed by atoms with E-state index in [0.29, 0.717) is 38.9 Å². The average Bonchev–Trinajstić information content (AvgIpc) is 3.62. The summed E-state index contributed by atoms with van der Waals surface area (Å²) in [5, 5.41) is 7.42. The molecule has 13 nitrogen and oxygen atoms in total. The topological polar surface area (TPSA) is 207 Å². The number of carbonyl (C=O) groups excluding carboxylic acids is 6. The Hall–Kier alpha value is -6.85. The van der Waals surface area contributed by atoms with E-state index in [0.717, 1.165) is 16.7 Å². The van der Waals surface area contributed by atoms with Crippen molar-refractivity contribution in [1.29, 1.82) is 0 Å². The highest BCUT2D eigenvalue weighted by atomic mass is 16.6. The molecule has 3 aliphatic heterocycles. The number of ether oxygens (including phenoxy) is 1. The zero-order valence-electron chi connectivity index (χ0n) is 27.2. The summed E-state index contributed by atoms with van der Waals surface area (Å²) in [6, 6.07) is 14.2. The number of hydrogen-bond acceptors (Lipinski definition) is 10. The first-order valence-corrected chi connectivity index (χ1v) is 13.8. The number of nitrogens with two attached hydrogens (primary N) is 2. The van der Waals surface area contributed by atoms with E-state index in [1.807, 2.05) is 0 Å². The summed E-state index contributed by atoms with van der Waals surface area (Å²) >= 11 is 0. The van der Waals surface area contributed by atoms with Gasteiger partial charge < -0.3 is 21.3 Å². The number of esters is 2. The number of imide groups is 2. The maximum Gasteiger partial charge on any atom is 0.346 e. The number of carboxylic acids is 1. The number of rotatable bonds is 0. The molecule has 0 aliphatic carbocycles. The van der Waals surface area contributed by atoms with Crippen molar-refractivity contribution in [3.63, 3.8) is 0 Å². The maximum absolute atomic E-state index is 11.5. The molecule has 0 saturated carbocycles. The van der Waals surface area contributed by atoms with Gasteiger partial charge in [-0.15, -0.1) is 19.3 Å². The zero-order valence-corrected chi connectivity index (χ0v) is 27.2. The first-order valence-electron chi connectivity index (χ1n) is 13.8. The summed E-state index contributed by atoms with van der Waals surface area (Å²) in [6.45, 7) is 1.08. The van der Waals surface area contributed by atoms with Crippen LogP contribution in [0.25, 0.3) is 0 Å². The van der Waals surface area contributed by atoms with Crippen LogP contribution in [0.4, 0.5) is 0 Å². The molecule has 3 aromatic rings. The van der Waals surface area contributed by atoms with Crippen molar-refractivity contribution in [3.8, 4) is 37.0 Å². The minimum Gasteiger partial charge on any atom is -0.481 e. The third-order valence-electron chi connectivity index (χ3n) is 6.32. The van der Waals surface area contributed by atoms with Crippen molar-refractivity contribution in [2.75, 3.05) is 28.2 Å². The first-order chi connectivity index (χ1) is 23.2. The van der Waals surface area contributed by atoms with E-state index in [2.05, 4.69) is 34.0 Å². The number of carbonyl (C=O) groups is 7. The number of hydrogen-bond donors (Lipinski definition) is 3. The predicted molar refractivity (Wildman–Crippen MR) is 179 cm³/mol. The van der Waals surface area contributed by atoms with Gasteiger partial charge in [0.2, 0.25) is 0 Å². The molecule has 250 valence electrons. The number of aliphatic carboxylic acids is 1. The molecule has 13 heteroatoms. The van der Waals surface area contributed by atoms with E-state index in [1.54, 1.807) is 42.5 Å². The van der Waals surface area contributed by atoms with Gasteiger partial charge in [0.05, 0.1) is 33.4 Å². The van der Waals surface area contributed by atoms with E-state index in [9.17, 15) is 28.8 Å². The highest BCUT2D eigenvalue weighted by molar-refractivity contribution is 6.22. The van der Waals surface area contributed by atoms with Gasteiger partial charge in [-0.1, -0.05) is 17.8 Å². The molecule has 0 spiro atoms. The van der Waals surface area contributed by atoms with Gasteiger partial charge in [-0.25, -0.2) is 9.59 Å². The van der Waals surface area contributed by atoms with Crippen LogP contribution in [0.1, 0.15) is 85.8 Å². The number of cyclic esters (lactones) is 2. The fourth-order valence-corrected chi connectivity index (χ4v) is 4.08. The summed E-state index contributed by atoms with van der Waals surface area (Å²) in [4.78, 5) is 79.1. The van der Waals surface area contributed by atoms with Crippen LogP contribution >= 0.6 is 0 Å². The van der Waals surface area contributed by atoms with E-state index in [-0.39, 0.29) is 34.8 Å². The Morgan fingerprint density at radius 3 is 1.16 bits per heavy atom. The van der Waals surface area contributed by atoms with Crippen LogP contribution < -0.4 is 11.5 Å². The molecule has 5 N–H and O–H groups in total. The van der Waals surface area contributed by atoms with Crippen molar-refractivity contribution >= 4 is 41.5 Å². The van der Waals surface area contributed by atoms with E-state index >= 15 is 0 Å². The van der Waals surface area contributed by atoms with Crippen molar-refractivity contribution < 1.29 is 43.4 Å². The molecule has 49 heavy (non-hydrogen) atoms. The number of fused-ring (bicyclic) bond motifs is 3. The SMILES string of the molecule is C#Cc1ccc2c(c1)C(=O)N(C)C2=O.C#Cc1ccc2c(c1)C(=O)N(C)C2=O.C#Cc1ccc2c(c1)C(=O)OC2=O.CC(=O)O.CN.CN. The summed E-state index contributed by atoms with van der Waals surface area (Å²) in [7, 11) is 5.92. The maximum atomic E-state index is 11.5. The molecule has 3 heterocycles. The van der Waals surface area contributed by atoms with Crippen LogP contribution in [-0.4, -0.2) is 84.6 Å². The second-order valence-electron chi connectivity index (χ2n) is 9.25. The third kappa shape index (κ3) is 9.35. The normalized spacial score (nSPS) is 12.4. The number of amides is 4. The Morgan fingerprint density at radius 2 is 0.837 bits per heavy atom. The molecular formula is C36H32N4O9. The molecule has 0 aromatic heterocycles. The molecule has 3 aromatic carbocycles. The van der Waals surface area contributed by atoms with E-state index < -0.39 is 17.9 Å². The largest absolute Gasteiger partial charge is 0.481 e. The smallest absolute Gasteiger partial charge is 0.346 e. The van der Waals surface area contributed by atoms with Crippen molar-refractivity contribution in [2.24, 2.45) is 11.5 Å². The van der Waals surface area contributed by atoms with Crippen LogP contribution in [0.2, 0.25) is 0 Å². The lowest BCUT2D eigenvalue weighted by Crippen LogP contribution is -2.24. The van der Waals surface area contributed by atoms with Gasteiger partial charge in [-0.2, -0.15) is 0 Å². The Kier molecular flexibility index (Phi) is 15.0. The lowest BCUT2D eigenvalue weighted by Gasteiger charge is -2.02. The molecular weight excluding hydrogens is 632 g/mol. The molecule has 0 unspecified atom stereocenters. The predicted octanol–water partition coefficient (Wildman–Crippen LogP) is 2.01. The third-order valence-corrected chi connectivity index (χ3v) is 6.32. The number of carboxylic acid groups (broad SMARTS) is 1. The van der Waals surface area contributed by atoms with Crippen molar-refractivity contribution in [3.05, 3.63) is 105 Å². The van der Waals surface area contributed by atoms with Gasteiger partial charge in [0.15, 0.2) is 0 Å². The second kappa shape index (κ2) is 18.3.